The van der Waals surface area contributed by atoms with Gasteiger partial charge < -0.3 is 14.9 Å². The lowest BCUT2D eigenvalue weighted by atomic mass is 10.4. The molecule has 1 heterocycles. The summed E-state index contributed by atoms with van der Waals surface area (Å²) in [5.41, 5.74) is 0. The molecule has 1 aromatic heterocycles. The van der Waals surface area contributed by atoms with Crippen LogP contribution in [0.25, 0.3) is 0 Å². The Morgan fingerprint density at radius 3 is 2.93 bits per heavy atom. The maximum Gasteiger partial charge on any atom is 0.191 e. The standard InChI is InChI=1S/C8H9BrINO3/c1-4(3-12)14-5-2-6(10)11-8(9)7(5)13/h2,4,12-13H,3H2,1H3/t4-/m0/s1. The van der Waals surface area contributed by atoms with Crippen LogP contribution in [-0.4, -0.2) is 27.9 Å². The van der Waals surface area contributed by atoms with Gasteiger partial charge in [0.25, 0.3) is 0 Å². The zero-order chi connectivity index (χ0) is 10.7. The SMILES string of the molecule is C[C@@H](CO)Oc1cc(I)nc(Br)c1O. The second-order valence-electron chi connectivity index (χ2n) is 2.69. The van der Waals surface area contributed by atoms with E-state index >= 15 is 0 Å². The first-order chi connectivity index (χ1) is 6.54. The third-order valence-corrected chi connectivity index (χ3v) is 2.57. The molecule has 0 aliphatic carbocycles. The quantitative estimate of drug-likeness (QED) is 0.627. The minimum atomic E-state index is -0.356. The number of aliphatic hydroxyl groups excluding tert-OH is 1. The van der Waals surface area contributed by atoms with Crippen molar-refractivity contribution >= 4 is 38.5 Å². The van der Waals surface area contributed by atoms with E-state index in [2.05, 4.69) is 20.9 Å². The fourth-order valence-electron chi connectivity index (χ4n) is 0.801. The molecule has 0 saturated heterocycles. The predicted octanol–water partition coefficient (Wildman–Crippen LogP) is 1.91. The van der Waals surface area contributed by atoms with Gasteiger partial charge in [-0.1, -0.05) is 0 Å². The Morgan fingerprint density at radius 1 is 1.71 bits per heavy atom. The number of aromatic hydroxyl groups is 1. The van der Waals surface area contributed by atoms with E-state index in [1.54, 1.807) is 13.0 Å². The minimum absolute atomic E-state index is 0.0503. The first-order valence-electron chi connectivity index (χ1n) is 3.87. The largest absolute Gasteiger partial charge is 0.502 e. The molecule has 0 bridgehead atoms. The summed E-state index contributed by atoms with van der Waals surface area (Å²) in [6.45, 7) is 1.61. The van der Waals surface area contributed by atoms with Crippen LogP contribution in [0.3, 0.4) is 0 Å². The highest BCUT2D eigenvalue weighted by Gasteiger charge is 2.12. The molecule has 0 aliphatic heterocycles. The van der Waals surface area contributed by atoms with Crippen molar-refractivity contribution in [3.63, 3.8) is 0 Å². The maximum atomic E-state index is 9.55. The Morgan fingerprint density at radius 2 is 2.36 bits per heavy atom. The average Bonchev–Trinajstić information content (AvgIpc) is 2.13. The van der Waals surface area contributed by atoms with Gasteiger partial charge in [0.1, 0.15) is 9.80 Å². The highest BCUT2D eigenvalue weighted by atomic mass is 127. The molecule has 0 amide bonds. The zero-order valence-corrected chi connectivity index (χ0v) is 11.1. The number of halogens is 2. The molecular weight excluding hydrogens is 365 g/mol. The number of nitrogens with zero attached hydrogens (tertiary/aromatic N) is 1. The highest BCUT2D eigenvalue weighted by Crippen LogP contribution is 2.34. The third-order valence-electron chi connectivity index (χ3n) is 1.47. The van der Waals surface area contributed by atoms with Crippen molar-refractivity contribution in [2.24, 2.45) is 0 Å². The van der Waals surface area contributed by atoms with Crippen LogP contribution in [0.5, 0.6) is 11.5 Å². The molecule has 0 unspecified atom stereocenters. The highest BCUT2D eigenvalue weighted by molar-refractivity contribution is 14.1. The smallest absolute Gasteiger partial charge is 0.191 e. The number of ether oxygens (including phenoxy) is 1. The molecule has 0 radical (unpaired) electrons. The Bertz CT molecular complexity index is 335. The van der Waals surface area contributed by atoms with Crippen LogP contribution in [0.15, 0.2) is 10.7 Å². The Labute approximate surface area is 104 Å². The van der Waals surface area contributed by atoms with Gasteiger partial charge >= 0.3 is 0 Å². The van der Waals surface area contributed by atoms with E-state index in [0.717, 1.165) is 0 Å². The van der Waals surface area contributed by atoms with Gasteiger partial charge in [0.15, 0.2) is 16.1 Å². The summed E-state index contributed by atoms with van der Waals surface area (Å²) < 4.78 is 6.32. The van der Waals surface area contributed by atoms with E-state index in [9.17, 15) is 5.11 Å². The zero-order valence-electron chi connectivity index (χ0n) is 7.37. The average molecular weight is 374 g/mol. The number of hydrogen-bond donors (Lipinski definition) is 2. The van der Waals surface area contributed by atoms with Gasteiger partial charge in [0.2, 0.25) is 0 Å². The van der Waals surface area contributed by atoms with Gasteiger partial charge in [-0.3, -0.25) is 0 Å². The summed E-state index contributed by atoms with van der Waals surface area (Å²) in [5.74, 6) is 0.267. The molecule has 0 fully saturated rings. The first kappa shape index (κ1) is 12.0. The van der Waals surface area contributed by atoms with Gasteiger partial charge in [0.05, 0.1) is 6.61 Å². The molecule has 6 heteroatoms. The summed E-state index contributed by atoms with van der Waals surface area (Å²) in [5, 5.41) is 18.3. The topological polar surface area (TPSA) is 62.6 Å². The van der Waals surface area contributed by atoms with Gasteiger partial charge in [-0.05, 0) is 45.4 Å². The van der Waals surface area contributed by atoms with E-state index in [0.29, 0.717) is 14.1 Å². The van der Waals surface area contributed by atoms with Crippen LogP contribution in [0.1, 0.15) is 6.92 Å². The van der Waals surface area contributed by atoms with E-state index in [1.165, 1.54) is 0 Å². The monoisotopic (exact) mass is 373 g/mol. The van der Waals surface area contributed by atoms with Crippen LogP contribution in [-0.2, 0) is 0 Å². The molecule has 1 rings (SSSR count). The van der Waals surface area contributed by atoms with Crippen molar-refractivity contribution in [3.05, 3.63) is 14.4 Å². The number of aliphatic hydroxyl groups is 1. The van der Waals surface area contributed by atoms with Gasteiger partial charge in [0, 0.05) is 6.07 Å². The summed E-state index contributed by atoms with van der Waals surface area (Å²) in [6, 6.07) is 1.60. The van der Waals surface area contributed by atoms with E-state index in [1.807, 2.05) is 22.6 Å². The Hall–Kier alpha value is -0.0800. The number of hydrogen-bond acceptors (Lipinski definition) is 4. The second-order valence-corrected chi connectivity index (χ2v) is 4.55. The molecule has 14 heavy (non-hydrogen) atoms. The molecule has 4 nitrogen and oxygen atoms in total. The Balaban J connectivity index is 2.96. The van der Waals surface area contributed by atoms with Crippen LogP contribution in [0, 0.1) is 3.70 Å². The summed E-state index contributed by atoms with van der Waals surface area (Å²) in [4.78, 5) is 3.98. The number of aromatic nitrogens is 1. The molecule has 0 spiro atoms. The summed E-state index contributed by atoms with van der Waals surface area (Å²) in [7, 11) is 0. The lowest BCUT2D eigenvalue weighted by molar-refractivity contribution is 0.126. The molecule has 1 aromatic rings. The lowest BCUT2D eigenvalue weighted by Gasteiger charge is -2.13. The van der Waals surface area contributed by atoms with Gasteiger partial charge in [-0.15, -0.1) is 0 Å². The lowest BCUT2D eigenvalue weighted by Crippen LogP contribution is -2.16. The fourth-order valence-corrected chi connectivity index (χ4v) is 2.04. The van der Waals surface area contributed by atoms with E-state index in [4.69, 9.17) is 9.84 Å². The molecule has 1 atom stereocenters. The third kappa shape index (κ3) is 2.96. The van der Waals surface area contributed by atoms with Crippen molar-refractivity contribution in [1.29, 1.82) is 0 Å². The maximum absolute atomic E-state index is 9.55. The molecule has 2 N–H and O–H groups in total. The predicted molar refractivity (Wildman–Crippen MR) is 63.5 cm³/mol. The number of pyridine rings is 1. The van der Waals surface area contributed by atoms with Crippen LogP contribution < -0.4 is 4.74 Å². The Kier molecular flexibility index (Phi) is 4.39. The normalized spacial score (nSPS) is 12.6. The minimum Gasteiger partial charge on any atom is -0.502 e. The number of rotatable bonds is 3. The van der Waals surface area contributed by atoms with Crippen molar-refractivity contribution in [1.82, 2.24) is 4.98 Å². The molecule has 78 valence electrons. The van der Waals surface area contributed by atoms with Crippen molar-refractivity contribution in [2.45, 2.75) is 13.0 Å². The van der Waals surface area contributed by atoms with E-state index in [-0.39, 0.29) is 18.5 Å². The summed E-state index contributed by atoms with van der Waals surface area (Å²) in [6.07, 6.45) is -0.356. The molecule has 0 aliphatic rings. The van der Waals surface area contributed by atoms with Crippen molar-refractivity contribution in [2.75, 3.05) is 6.61 Å². The van der Waals surface area contributed by atoms with Crippen molar-refractivity contribution in [3.8, 4) is 11.5 Å². The van der Waals surface area contributed by atoms with Crippen LogP contribution in [0.2, 0.25) is 0 Å². The molecule has 0 saturated carbocycles. The molecular formula is C8H9BrINO3. The van der Waals surface area contributed by atoms with Crippen LogP contribution in [0.4, 0.5) is 0 Å². The fraction of sp³-hybridized carbons (Fsp3) is 0.375. The van der Waals surface area contributed by atoms with Crippen LogP contribution >= 0.6 is 38.5 Å². The first-order valence-corrected chi connectivity index (χ1v) is 5.74. The van der Waals surface area contributed by atoms with E-state index < -0.39 is 0 Å². The molecule has 0 aromatic carbocycles. The second kappa shape index (κ2) is 5.13. The van der Waals surface area contributed by atoms with Crippen molar-refractivity contribution < 1.29 is 14.9 Å². The van der Waals surface area contributed by atoms with Gasteiger partial charge in [-0.2, -0.15) is 0 Å². The van der Waals surface area contributed by atoms with Gasteiger partial charge in [-0.25, -0.2) is 4.98 Å². The summed E-state index contributed by atoms with van der Waals surface area (Å²) >= 11 is 5.11.